The molecule has 0 radical (unpaired) electrons. The van der Waals surface area contributed by atoms with Crippen LogP contribution in [0.4, 0.5) is 0 Å². The van der Waals surface area contributed by atoms with E-state index < -0.39 is 0 Å². The Labute approximate surface area is 128 Å². The number of carbonyl (C=O) groups excluding carboxylic acids is 2. The number of hydrogen-bond donors (Lipinski definition) is 1. The van der Waals surface area contributed by atoms with E-state index in [2.05, 4.69) is 4.98 Å². The molecule has 1 N–H and O–H groups in total. The van der Waals surface area contributed by atoms with Gasteiger partial charge in [-0.15, -0.1) is 0 Å². The summed E-state index contributed by atoms with van der Waals surface area (Å²) in [7, 11) is 1.38. The lowest BCUT2D eigenvalue weighted by molar-refractivity contribution is -0.147. The molecule has 0 saturated carbocycles. The molecule has 1 fully saturated rings. The summed E-state index contributed by atoms with van der Waals surface area (Å²) < 4.78 is 4.82. The van der Waals surface area contributed by atoms with Crippen LogP contribution in [0.2, 0.25) is 0 Å². The number of aryl methyl sites for hydroxylation is 1. The van der Waals surface area contributed by atoms with Crippen LogP contribution in [0, 0.1) is 5.92 Å². The minimum atomic E-state index is -0.255. The van der Waals surface area contributed by atoms with Crippen LogP contribution in [0.3, 0.4) is 0 Å². The van der Waals surface area contributed by atoms with Crippen LogP contribution in [0.25, 0.3) is 0 Å². The summed E-state index contributed by atoms with van der Waals surface area (Å²) in [6.07, 6.45) is 4.12. The molecule has 2 aliphatic heterocycles. The van der Waals surface area contributed by atoms with E-state index in [1.165, 1.54) is 13.2 Å². The second-order valence-electron chi connectivity index (χ2n) is 6.02. The second kappa shape index (κ2) is 5.94. The lowest BCUT2D eigenvalue weighted by atomic mass is 9.87. The molecule has 1 amide bonds. The summed E-state index contributed by atoms with van der Waals surface area (Å²) in [5, 5.41) is 0. The minimum Gasteiger partial charge on any atom is -0.469 e. The summed E-state index contributed by atoms with van der Waals surface area (Å²) >= 11 is 0. The van der Waals surface area contributed by atoms with Crippen LogP contribution >= 0.6 is 0 Å². The molecule has 6 nitrogen and oxygen atoms in total. The standard InChI is InChI=1S/C16H20N2O4/c1-22-16(21)10-5-6-11-3-2-4-13-12(7-8-14(19)17-13)15(20)18(11)9-10/h7-8,10-11H,2-6,9H2,1H3,(H,17,19). The van der Waals surface area contributed by atoms with Gasteiger partial charge in [-0.1, -0.05) is 0 Å². The van der Waals surface area contributed by atoms with E-state index in [1.54, 1.807) is 11.0 Å². The Balaban J connectivity index is 1.92. The Bertz CT molecular complexity index is 652. The molecule has 6 heteroatoms. The molecule has 3 rings (SSSR count). The number of aromatic nitrogens is 1. The average molecular weight is 304 g/mol. The Morgan fingerprint density at radius 3 is 2.86 bits per heavy atom. The van der Waals surface area contributed by atoms with Crippen molar-refractivity contribution < 1.29 is 14.3 Å². The highest BCUT2D eigenvalue weighted by atomic mass is 16.5. The fourth-order valence-corrected chi connectivity index (χ4v) is 3.52. The quantitative estimate of drug-likeness (QED) is 0.788. The van der Waals surface area contributed by atoms with Crippen molar-refractivity contribution in [1.82, 2.24) is 9.88 Å². The number of ether oxygens (including phenoxy) is 1. The lowest BCUT2D eigenvalue weighted by Gasteiger charge is -2.40. The first-order valence-corrected chi connectivity index (χ1v) is 7.71. The van der Waals surface area contributed by atoms with Gasteiger partial charge in [0.05, 0.1) is 18.6 Å². The van der Waals surface area contributed by atoms with E-state index >= 15 is 0 Å². The molecule has 22 heavy (non-hydrogen) atoms. The number of pyridine rings is 1. The summed E-state index contributed by atoms with van der Waals surface area (Å²) in [5.74, 6) is -0.601. The minimum absolute atomic E-state index is 0.0930. The van der Waals surface area contributed by atoms with E-state index in [0.29, 0.717) is 24.2 Å². The highest BCUT2D eigenvalue weighted by Crippen LogP contribution is 2.30. The van der Waals surface area contributed by atoms with E-state index in [0.717, 1.165) is 25.7 Å². The number of amides is 1. The van der Waals surface area contributed by atoms with Gasteiger partial charge in [0, 0.05) is 24.3 Å². The maximum absolute atomic E-state index is 12.8. The van der Waals surface area contributed by atoms with Crippen molar-refractivity contribution in [2.24, 2.45) is 5.92 Å². The Morgan fingerprint density at radius 1 is 1.27 bits per heavy atom. The number of hydrogen-bond acceptors (Lipinski definition) is 4. The molecule has 2 unspecified atom stereocenters. The second-order valence-corrected chi connectivity index (χ2v) is 6.02. The third kappa shape index (κ3) is 2.65. The van der Waals surface area contributed by atoms with Gasteiger partial charge in [-0.25, -0.2) is 0 Å². The van der Waals surface area contributed by atoms with E-state index in [-0.39, 0.29) is 29.4 Å². The zero-order chi connectivity index (χ0) is 15.7. The van der Waals surface area contributed by atoms with Gasteiger partial charge < -0.3 is 14.6 Å². The number of fused-ring (bicyclic) bond motifs is 2. The maximum Gasteiger partial charge on any atom is 0.310 e. The fourth-order valence-electron chi connectivity index (χ4n) is 3.52. The first kappa shape index (κ1) is 14.8. The maximum atomic E-state index is 12.8. The summed E-state index contributed by atoms with van der Waals surface area (Å²) in [4.78, 5) is 40.7. The number of esters is 1. The van der Waals surface area contributed by atoms with Gasteiger partial charge in [0.2, 0.25) is 5.56 Å². The Kier molecular flexibility index (Phi) is 4.00. The number of aromatic amines is 1. The van der Waals surface area contributed by atoms with Crippen LogP contribution in [-0.4, -0.2) is 41.5 Å². The fraction of sp³-hybridized carbons (Fsp3) is 0.562. The molecular formula is C16H20N2O4. The number of piperidine rings is 1. The number of nitrogens with one attached hydrogen (secondary N) is 1. The molecule has 0 aliphatic carbocycles. The average Bonchev–Trinajstić information content (AvgIpc) is 2.52. The van der Waals surface area contributed by atoms with E-state index in [9.17, 15) is 14.4 Å². The molecule has 1 saturated heterocycles. The van der Waals surface area contributed by atoms with Crippen molar-refractivity contribution >= 4 is 11.9 Å². The molecule has 2 aliphatic rings. The van der Waals surface area contributed by atoms with E-state index in [4.69, 9.17) is 4.74 Å². The molecule has 1 aromatic rings. The number of H-pyrrole nitrogens is 1. The van der Waals surface area contributed by atoms with Gasteiger partial charge in [0.25, 0.3) is 5.91 Å². The third-order valence-electron chi connectivity index (χ3n) is 4.70. The number of carbonyl (C=O) groups is 2. The normalized spacial score (nSPS) is 24.8. The van der Waals surface area contributed by atoms with Crippen molar-refractivity contribution in [1.29, 1.82) is 0 Å². The number of rotatable bonds is 1. The zero-order valence-electron chi connectivity index (χ0n) is 12.6. The zero-order valence-corrected chi connectivity index (χ0v) is 12.6. The van der Waals surface area contributed by atoms with Gasteiger partial charge in [-0.2, -0.15) is 0 Å². The molecular weight excluding hydrogens is 284 g/mol. The van der Waals surface area contributed by atoms with Crippen molar-refractivity contribution in [3.8, 4) is 0 Å². The molecule has 3 heterocycles. The SMILES string of the molecule is COC(=O)C1CCC2CCCc3[nH]c(=O)ccc3C(=O)N2C1. The molecule has 1 aromatic heterocycles. The molecule has 2 atom stereocenters. The first-order chi connectivity index (χ1) is 10.6. The third-order valence-corrected chi connectivity index (χ3v) is 4.70. The van der Waals surface area contributed by atoms with Crippen LogP contribution in [0.15, 0.2) is 16.9 Å². The topological polar surface area (TPSA) is 79.5 Å². The first-order valence-electron chi connectivity index (χ1n) is 7.71. The van der Waals surface area contributed by atoms with Crippen molar-refractivity contribution in [3.63, 3.8) is 0 Å². The largest absolute Gasteiger partial charge is 0.469 e. The smallest absolute Gasteiger partial charge is 0.310 e. The number of nitrogens with zero attached hydrogens (tertiary/aromatic N) is 1. The van der Waals surface area contributed by atoms with Gasteiger partial charge in [0.1, 0.15) is 0 Å². The lowest BCUT2D eigenvalue weighted by Crippen LogP contribution is -2.49. The predicted molar refractivity (Wildman–Crippen MR) is 79.6 cm³/mol. The van der Waals surface area contributed by atoms with Crippen LogP contribution < -0.4 is 5.56 Å². The Morgan fingerprint density at radius 2 is 2.09 bits per heavy atom. The highest BCUT2D eigenvalue weighted by molar-refractivity contribution is 5.96. The summed E-state index contributed by atoms with van der Waals surface area (Å²) in [5.41, 5.74) is 1.07. The van der Waals surface area contributed by atoms with Gasteiger partial charge in [-0.3, -0.25) is 14.4 Å². The van der Waals surface area contributed by atoms with Gasteiger partial charge in [-0.05, 0) is 38.2 Å². The summed E-state index contributed by atoms with van der Waals surface area (Å²) in [6.45, 7) is 0.398. The predicted octanol–water partition coefficient (Wildman–Crippen LogP) is 1.10. The van der Waals surface area contributed by atoms with Crippen LogP contribution in [0.1, 0.15) is 41.7 Å². The van der Waals surface area contributed by atoms with Crippen LogP contribution in [0.5, 0.6) is 0 Å². The monoisotopic (exact) mass is 304 g/mol. The van der Waals surface area contributed by atoms with E-state index in [1.807, 2.05) is 0 Å². The van der Waals surface area contributed by atoms with Crippen molar-refractivity contribution in [3.05, 3.63) is 33.7 Å². The molecule has 118 valence electrons. The Hall–Kier alpha value is -2.11. The van der Waals surface area contributed by atoms with Crippen molar-refractivity contribution in [2.45, 2.75) is 38.1 Å². The molecule has 0 spiro atoms. The van der Waals surface area contributed by atoms with Crippen molar-refractivity contribution in [2.75, 3.05) is 13.7 Å². The molecule has 0 bridgehead atoms. The summed E-state index contributed by atoms with van der Waals surface area (Å²) in [6, 6.07) is 3.16. The highest BCUT2D eigenvalue weighted by Gasteiger charge is 2.37. The number of methoxy groups -OCH3 is 1. The van der Waals surface area contributed by atoms with Gasteiger partial charge in [0.15, 0.2) is 0 Å². The molecule has 0 aromatic carbocycles. The van der Waals surface area contributed by atoms with Gasteiger partial charge >= 0.3 is 5.97 Å². The van der Waals surface area contributed by atoms with Crippen LogP contribution in [-0.2, 0) is 16.0 Å².